The van der Waals surface area contributed by atoms with E-state index in [-0.39, 0.29) is 11.6 Å². The largest absolute Gasteiger partial charge is 0.405 e. The van der Waals surface area contributed by atoms with Crippen molar-refractivity contribution in [3.05, 3.63) is 60.7 Å². The summed E-state index contributed by atoms with van der Waals surface area (Å²) in [7, 11) is -2.74. The van der Waals surface area contributed by atoms with E-state index in [2.05, 4.69) is 51.0 Å². The number of ether oxygens (including phenoxy) is 2. The molecule has 1 heterocycles. The Bertz CT molecular complexity index is 828. The minimum absolute atomic E-state index is 0.107. The van der Waals surface area contributed by atoms with Crippen molar-refractivity contribution in [3.8, 4) is 12.3 Å². The maximum atomic E-state index is 11.0. The van der Waals surface area contributed by atoms with Gasteiger partial charge in [-0.05, 0) is 29.3 Å². The Morgan fingerprint density at radius 1 is 1.03 bits per heavy atom. The predicted molar refractivity (Wildman–Crippen MR) is 122 cm³/mol. The van der Waals surface area contributed by atoms with E-state index in [0.29, 0.717) is 0 Å². The first-order valence-electron chi connectivity index (χ1n) is 10.4. The summed E-state index contributed by atoms with van der Waals surface area (Å²) < 4.78 is 18.4. The van der Waals surface area contributed by atoms with Crippen LogP contribution in [0.25, 0.3) is 0 Å². The molecule has 0 radical (unpaired) electrons. The number of hydrogen-bond acceptors (Lipinski definition) is 4. The molecule has 1 aliphatic rings. The van der Waals surface area contributed by atoms with Crippen LogP contribution in [0.1, 0.15) is 34.6 Å². The quantitative estimate of drug-likeness (QED) is 0.572. The van der Waals surface area contributed by atoms with Crippen molar-refractivity contribution >= 4 is 18.7 Å². The Balaban J connectivity index is 1.97. The molecule has 30 heavy (non-hydrogen) atoms. The molecule has 0 saturated carbocycles. The molecule has 1 saturated heterocycles. The van der Waals surface area contributed by atoms with Gasteiger partial charge >= 0.3 is 0 Å². The second-order valence-electron chi connectivity index (χ2n) is 9.23. The Kier molecular flexibility index (Phi) is 6.56. The maximum Gasteiger partial charge on any atom is 0.261 e. The van der Waals surface area contributed by atoms with Crippen molar-refractivity contribution in [3.63, 3.8) is 0 Å². The average molecular weight is 425 g/mol. The van der Waals surface area contributed by atoms with Gasteiger partial charge in [0, 0.05) is 0 Å². The maximum absolute atomic E-state index is 11.0. The predicted octanol–water partition coefficient (Wildman–Crippen LogP) is 3.08. The van der Waals surface area contributed by atoms with Crippen LogP contribution in [0.15, 0.2) is 60.7 Å². The van der Waals surface area contributed by atoms with Crippen molar-refractivity contribution in [1.82, 2.24) is 0 Å². The third-order valence-electron chi connectivity index (χ3n) is 5.56. The molecule has 5 heteroatoms. The van der Waals surface area contributed by atoms with Gasteiger partial charge in [-0.1, -0.05) is 87.4 Å². The molecule has 3 rings (SSSR count). The van der Waals surface area contributed by atoms with E-state index in [4.69, 9.17) is 20.3 Å². The lowest BCUT2D eigenvalue weighted by Crippen LogP contribution is -2.67. The molecule has 2 aromatic rings. The normalized spacial score (nSPS) is 22.4. The third kappa shape index (κ3) is 4.39. The van der Waals surface area contributed by atoms with Gasteiger partial charge in [0.2, 0.25) is 0 Å². The summed E-state index contributed by atoms with van der Waals surface area (Å²) in [6.07, 6.45) is 3.46. The number of aliphatic hydroxyl groups is 1. The topological polar surface area (TPSA) is 47.9 Å². The fourth-order valence-electron chi connectivity index (χ4n) is 4.27. The smallest absolute Gasteiger partial charge is 0.261 e. The fraction of sp³-hybridized carbons (Fsp3) is 0.440. The second-order valence-corrected chi connectivity index (χ2v) is 13.5. The van der Waals surface area contributed by atoms with Gasteiger partial charge in [0.25, 0.3) is 8.32 Å². The van der Waals surface area contributed by atoms with Crippen LogP contribution in [0.4, 0.5) is 0 Å². The van der Waals surface area contributed by atoms with Gasteiger partial charge in [0.1, 0.15) is 18.3 Å². The molecular weight excluding hydrogens is 392 g/mol. The zero-order chi connectivity index (χ0) is 22.0. The summed E-state index contributed by atoms with van der Waals surface area (Å²) >= 11 is 0. The van der Waals surface area contributed by atoms with Gasteiger partial charge < -0.3 is 19.0 Å². The van der Waals surface area contributed by atoms with Crippen LogP contribution < -0.4 is 10.4 Å². The van der Waals surface area contributed by atoms with Crippen LogP contribution in [0, 0.1) is 12.3 Å². The molecule has 1 fully saturated rings. The van der Waals surface area contributed by atoms with Crippen LogP contribution in [0.3, 0.4) is 0 Å². The lowest BCUT2D eigenvalue weighted by Gasteiger charge is -2.43. The fourth-order valence-corrected chi connectivity index (χ4v) is 8.84. The Labute approximate surface area is 181 Å². The molecule has 3 atom stereocenters. The van der Waals surface area contributed by atoms with Gasteiger partial charge in [-0.15, -0.1) is 6.42 Å². The number of hydrogen-bond donors (Lipinski definition) is 1. The Morgan fingerprint density at radius 3 is 1.97 bits per heavy atom. The molecule has 0 unspecified atom stereocenters. The summed E-state index contributed by atoms with van der Waals surface area (Å²) in [5.41, 5.74) is 0. The van der Waals surface area contributed by atoms with Gasteiger partial charge in [0.15, 0.2) is 5.79 Å². The lowest BCUT2D eigenvalue weighted by atomic mass is 10.1. The highest BCUT2D eigenvalue weighted by molar-refractivity contribution is 6.99. The van der Waals surface area contributed by atoms with Crippen LogP contribution in [-0.2, 0) is 13.9 Å². The SMILES string of the molecule is C#C[C@@H]1OC(C)(C)O[C@@H]1[C@H](O)CO[Si](c1ccccc1)(c1ccccc1)C(C)(C)C. The van der Waals surface area contributed by atoms with E-state index in [1.807, 2.05) is 36.4 Å². The van der Waals surface area contributed by atoms with Gasteiger partial charge in [-0.25, -0.2) is 0 Å². The number of rotatable bonds is 6. The zero-order valence-corrected chi connectivity index (χ0v) is 19.5. The lowest BCUT2D eigenvalue weighted by molar-refractivity contribution is -0.155. The highest BCUT2D eigenvalue weighted by atomic mass is 28.4. The van der Waals surface area contributed by atoms with E-state index < -0.39 is 32.4 Å². The molecule has 2 aromatic carbocycles. The van der Waals surface area contributed by atoms with E-state index in [0.717, 1.165) is 10.4 Å². The summed E-state index contributed by atoms with van der Waals surface area (Å²) in [6, 6.07) is 20.7. The molecule has 0 aliphatic carbocycles. The molecule has 0 aromatic heterocycles. The van der Waals surface area contributed by atoms with Crippen LogP contribution in [0.5, 0.6) is 0 Å². The molecule has 4 nitrogen and oxygen atoms in total. The van der Waals surface area contributed by atoms with Crippen LogP contribution in [-0.4, -0.2) is 44.1 Å². The van der Waals surface area contributed by atoms with Crippen molar-refractivity contribution in [2.45, 2.75) is 63.8 Å². The summed E-state index contributed by atoms with van der Waals surface area (Å²) in [4.78, 5) is 0. The van der Waals surface area contributed by atoms with Gasteiger partial charge in [-0.2, -0.15) is 0 Å². The first-order chi connectivity index (χ1) is 14.1. The summed E-state index contributed by atoms with van der Waals surface area (Å²) in [5, 5.41) is 13.1. The highest BCUT2D eigenvalue weighted by Crippen LogP contribution is 2.37. The van der Waals surface area contributed by atoms with E-state index in [1.165, 1.54) is 0 Å². The molecule has 0 amide bonds. The number of terminal acetylenes is 1. The minimum atomic E-state index is -2.74. The standard InChI is InChI=1S/C25H32O4Si/c1-7-22-23(29-25(5,6)28-22)21(26)18-27-30(24(2,3)4,19-14-10-8-11-15-19)20-16-12-9-13-17-20/h1,8-17,21-23,26H,18H2,2-6H3/t21-,22+,23-/m1/s1. The van der Waals surface area contributed by atoms with Crippen LogP contribution >= 0.6 is 0 Å². The van der Waals surface area contributed by atoms with Crippen molar-refractivity contribution < 1.29 is 19.0 Å². The average Bonchev–Trinajstić information content (AvgIpc) is 3.04. The third-order valence-corrected chi connectivity index (χ3v) is 10.6. The number of aliphatic hydroxyl groups excluding tert-OH is 1. The monoisotopic (exact) mass is 424 g/mol. The first-order valence-corrected chi connectivity index (χ1v) is 12.3. The Morgan fingerprint density at radius 2 is 1.53 bits per heavy atom. The Hall–Kier alpha value is -1.94. The molecule has 1 aliphatic heterocycles. The van der Waals surface area contributed by atoms with Crippen LogP contribution in [0.2, 0.25) is 5.04 Å². The van der Waals surface area contributed by atoms with E-state index in [1.54, 1.807) is 13.8 Å². The van der Waals surface area contributed by atoms with E-state index in [9.17, 15) is 5.11 Å². The summed E-state index contributed by atoms with van der Waals surface area (Å²) in [6.45, 7) is 10.3. The molecule has 0 spiro atoms. The first kappa shape index (κ1) is 22.7. The molecule has 0 bridgehead atoms. The molecule has 160 valence electrons. The molecule has 1 N–H and O–H groups in total. The summed E-state index contributed by atoms with van der Waals surface area (Å²) in [5.74, 6) is 1.76. The van der Waals surface area contributed by atoms with Crippen molar-refractivity contribution in [1.29, 1.82) is 0 Å². The van der Waals surface area contributed by atoms with Crippen molar-refractivity contribution in [2.24, 2.45) is 0 Å². The number of benzene rings is 2. The zero-order valence-electron chi connectivity index (χ0n) is 18.5. The molecular formula is C25H32O4Si. The minimum Gasteiger partial charge on any atom is -0.405 e. The highest BCUT2D eigenvalue weighted by Gasteiger charge is 2.51. The van der Waals surface area contributed by atoms with Gasteiger partial charge in [0.05, 0.1) is 6.61 Å². The van der Waals surface area contributed by atoms with Gasteiger partial charge in [-0.3, -0.25) is 0 Å². The second kappa shape index (κ2) is 8.66. The van der Waals surface area contributed by atoms with E-state index >= 15 is 0 Å². The van der Waals surface area contributed by atoms with Crippen molar-refractivity contribution in [2.75, 3.05) is 6.61 Å².